The van der Waals surface area contributed by atoms with Crippen molar-refractivity contribution in [2.75, 3.05) is 49.3 Å². The van der Waals surface area contributed by atoms with E-state index in [2.05, 4.69) is 20.6 Å². The maximum absolute atomic E-state index is 13.0. The van der Waals surface area contributed by atoms with Crippen LogP contribution in [0.15, 0.2) is 54.9 Å². The Morgan fingerprint density at radius 2 is 1.83 bits per heavy atom. The fourth-order valence-corrected chi connectivity index (χ4v) is 4.64. The van der Waals surface area contributed by atoms with E-state index in [1.54, 1.807) is 23.1 Å². The molecule has 0 saturated carbocycles. The molecule has 220 valence electrons. The van der Waals surface area contributed by atoms with Gasteiger partial charge < -0.3 is 36.2 Å². The largest absolute Gasteiger partial charge is 0.416 e. The van der Waals surface area contributed by atoms with Crippen LogP contribution in [0, 0.1) is 10.8 Å². The number of amides is 2. The Bertz CT molecular complexity index is 1510. The molecule has 11 nitrogen and oxygen atoms in total. The lowest BCUT2D eigenvalue weighted by Crippen LogP contribution is -2.58. The molecule has 1 aromatic carbocycles. The van der Waals surface area contributed by atoms with E-state index in [4.69, 9.17) is 20.6 Å². The van der Waals surface area contributed by atoms with E-state index in [9.17, 15) is 22.8 Å². The number of alkyl halides is 3. The van der Waals surface area contributed by atoms with Crippen molar-refractivity contribution in [3.63, 3.8) is 0 Å². The highest BCUT2D eigenvalue weighted by Gasteiger charge is 2.45. The molecule has 3 aromatic rings. The number of halogens is 3. The van der Waals surface area contributed by atoms with Crippen LogP contribution in [0.5, 0.6) is 0 Å². The second-order valence-electron chi connectivity index (χ2n) is 10.3. The fourth-order valence-electron chi connectivity index (χ4n) is 4.64. The van der Waals surface area contributed by atoms with Gasteiger partial charge in [-0.3, -0.25) is 9.59 Å². The molecule has 2 amide bonds. The predicted octanol–water partition coefficient (Wildman–Crippen LogP) is 3.71. The Morgan fingerprint density at radius 3 is 2.50 bits per heavy atom. The maximum atomic E-state index is 13.0. The molecule has 1 atom stereocenters. The van der Waals surface area contributed by atoms with Gasteiger partial charge >= 0.3 is 6.18 Å². The first kappa shape index (κ1) is 29.0. The van der Waals surface area contributed by atoms with Crippen molar-refractivity contribution in [2.45, 2.75) is 19.2 Å². The highest BCUT2D eigenvalue weighted by atomic mass is 19.4. The van der Waals surface area contributed by atoms with Gasteiger partial charge in [0.1, 0.15) is 17.7 Å². The zero-order chi connectivity index (χ0) is 30.1. The van der Waals surface area contributed by atoms with Crippen LogP contribution in [-0.2, 0) is 20.4 Å². The number of nitrogens with zero attached hydrogens (tertiary/aromatic N) is 3. The lowest BCUT2D eigenvalue weighted by Gasteiger charge is -2.43. The normalized spacial score (nSPS) is 18.1. The number of pyridine rings is 2. The summed E-state index contributed by atoms with van der Waals surface area (Å²) in [5, 5.41) is 14.4. The molecule has 5 rings (SSSR count). The first-order valence-electron chi connectivity index (χ1n) is 13.0. The van der Waals surface area contributed by atoms with E-state index in [0.29, 0.717) is 36.7 Å². The van der Waals surface area contributed by atoms with Crippen LogP contribution in [0.3, 0.4) is 0 Å². The number of hydrogen-bond acceptors (Lipinski definition) is 9. The number of hydrogen-bond donors (Lipinski definition) is 4. The van der Waals surface area contributed by atoms with Crippen molar-refractivity contribution < 1.29 is 32.2 Å². The summed E-state index contributed by atoms with van der Waals surface area (Å²) in [6.07, 6.45) is -2.82. The summed E-state index contributed by atoms with van der Waals surface area (Å²) in [7, 11) is 0. The average molecular weight is 584 g/mol. The Balaban J connectivity index is 1.28. The number of nitrogens with one attached hydrogen (secondary N) is 3. The number of rotatable bonds is 7. The third-order valence-electron chi connectivity index (χ3n) is 7.05. The number of carbonyl (C=O) groups is 2. The van der Waals surface area contributed by atoms with E-state index >= 15 is 0 Å². The Labute approximate surface area is 238 Å². The smallest absolute Gasteiger partial charge is 0.382 e. The molecule has 1 unspecified atom stereocenters. The number of anilines is 4. The van der Waals surface area contributed by atoms with Crippen molar-refractivity contribution in [3.05, 3.63) is 71.5 Å². The number of carbonyl (C=O) groups excluding carboxylic acids is 2. The minimum atomic E-state index is -4.57. The van der Waals surface area contributed by atoms with Crippen LogP contribution in [0.4, 0.5) is 36.2 Å². The molecule has 14 heteroatoms. The highest BCUT2D eigenvalue weighted by molar-refractivity contribution is 6.08. The van der Waals surface area contributed by atoms with Crippen LogP contribution < -0.4 is 16.4 Å². The van der Waals surface area contributed by atoms with Crippen molar-refractivity contribution in [1.82, 2.24) is 14.9 Å². The number of benzene rings is 1. The molecule has 2 saturated heterocycles. The molecule has 2 aliphatic heterocycles. The molecular weight excluding hydrogens is 555 g/mol. The minimum absolute atomic E-state index is 0.0320. The van der Waals surface area contributed by atoms with Gasteiger partial charge in [-0.05, 0) is 49.4 Å². The SMILES string of the molecule is CC1(C(=O)N2CCOC(C(=N)c3ccnc(N)c3Nc3ccc(C(=O)Nc4cc(C(F)(F)F)ccn4)cc3)C2)COC1. The molecule has 0 radical (unpaired) electrons. The molecule has 2 aromatic heterocycles. The molecule has 0 spiro atoms. The Kier molecular flexibility index (Phi) is 7.84. The molecule has 2 aliphatic rings. The number of aromatic nitrogens is 2. The van der Waals surface area contributed by atoms with E-state index < -0.39 is 29.2 Å². The van der Waals surface area contributed by atoms with Crippen molar-refractivity contribution in [2.24, 2.45) is 5.41 Å². The van der Waals surface area contributed by atoms with Crippen molar-refractivity contribution in [1.29, 1.82) is 5.41 Å². The monoisotopic (exact) mass is 583 g/mol. The summed E-state index contributed by atoms with van der Waals surface area (Å²) in [5.74, 6) is -0.788. The molecular formula is C28H28F3N7O4. The zero-order valence-electron chi connectivity index (χ0n) is 22.5. The van der Waals surface area contributed by atoms with E-state index in [-0.39, 0.29) is 42.0 Å². The molecule has 2 fully saturated rings. The van der Waals surface area contributed by atoms with Crippen LogP contribution >= 0.6 is 0 Å². The lowest BCUT2D eigenvalue weighted by molar-refractivity contribution is -0.173. The van der Waals surface area contributed by atoms with E-state index in [1.165, 1.54) is 18.3 Å². The van der Waals surface area contributed by atoms with Gasteiger partial charge in [0.05, 0.1) is 48.7 Å². The van der Waals surface area contributed by atoms with Gasteiger partial charge in [0.25, 0.3) is 5.91 Å². The van der Waals surface area contributed by atoms with Crippen molar-refractivity contribution >= 4 is 40.5 Å². The number of nitrogen functional groups attached to an aromatic ring is 1. The first-order chi connectivity index (χ1) is 19.9. The second-order valence-corrected chi connectivity index (χ2v) is 10.3. The Morgan fingerprint density at radius 1 is 1.12 bits per heavy atom. The highest BCUT2D eigenvalue weighted by Crippen LogP contribution is 2.32. The number of morpholine rings is 1. The van der Waals surface area contributed by atoms with Gasteiger partial charge in [-0.15, -0.1) is 0 Å². The quantitative estimate of drug-likeness (QED) is 0.307. The van der Waals surface area contributed by atoms with Crippen molar-refractivity contribution in [3.8, 4) is 0 Å². The van der Waals surface area contributed by atoms with E-state index in [0.717, 1.165) is 18.3 Å². The molecule has 0 aliphatic carbocycles. The average Bonchev–Trinajstić information content (AvgIpc) is 2.96. The third-order valence-corrected chi connectivity index (χ3v) is 7.05. The summed E-state index contributed by atoms with van der Waals surface area (Å²) in [5.41, 5.74) is 6.25. The zero-order valence-corrected chi connectivity index (χ0v) is 22.5. The summed E-state index contributed by atoms with van der Waals surface area (Å²) in [4.78, 5) is 35.2. The van der Waals surface area contributed by atoms with Crippen LogP contribution in [0.25, 0.3) is 0 Å². The summed E-state index contributed by atoms with van der Waals surface area (Å²) in [6.45, 7) is 3.49. The standard InChI is InChI=1S/C28H28F3N7O4/c1-27(14-41-15-27)26(40)38-10-11-42-20(13-38)22(32)19-7-9-35-24(33)23(19)36-18-4-2-16(3-5-18)25(39)37-21-12-17(6-8-34-21)28(29,30)31/h2-9,12,20,32,36H,10-11,13-15H2,1H3,(H2,33,35)(H,34,37,39). The Hall–Kier alpha value is -4.56. The summed E-state index contributed by atoms with van der Waals surface area (Å²) in [6, 6.07) is 9.29. The summed E-state index contributed by atoms with van der Waals surface area (Å²) >= 11 is 0. The topological polar surface area (TPSA) is 156 Å². The molecule has 42 heavy (non-hydrogen) atoms. The molecule has 4 heterocycles. The van der Waals surface area contributed by atoms with Gasteiger partial charge in [-0.25, -0.2) is 9.97 Å². The number of ether oxygens (including phenoxy) is 2. The minimum Gasteiger partial charge on any atom is -0.382 e. The van der Waals surface area contributed by atoms with Crippen LogP contribution in [-0.4, -0.2) is 71.4 Å². The van der Waals surface area contributed by atoms with Crippen LogP contribution in [0.1, 0.15) is 28.4 Å². The lowest BCUT2D eigenvalue weighted by atomic mass is 9.86. The fraction of sp³-hybridized carbons (Fsp3) is 0.321. The number of nitrogens with two attached hydrogens (primary N) is 1. The van der Waals surface area contributed by atoms with Gasteiger partial charge in [-0.1, -0.05) is 0 Å². The van der Waals surface area contributed by atoms with E-state index in [1.807, 2.05) is 6.92 Å². The van der Waals surface area contributed by atoms with Gasteiger partial charge in [0.2, 0.25) is 5.91 Å². The van der Waals surface area contributed by atoms with Gasteiger partial charge in [0, 0.05) is 35.8 Å². The third kappa shape index (κ3) is 6.04. The maximum Gasteiger partial charge on any atom is 0.416 e. The summed E-state index contributed by atoms with van der Waals surface area (Å²) < 4.78 is 50.0. The predicted molar refractivity (Wildman–Crippen MR) is 148 cm³/mol. The molecule has 0 bridgehead atoms. The molecule has 5 N–H and O–H groups in total. The van der Waals surface area contributed by atoms with Crippen LogP contribution in [0.2, 0.25) is 0 Å². The second kappa shape index (κ2) is 11.4. The van der Waals surface area contributed by atoms with Gasteiger partial charge in [-0.2, -0.15) is 13.2 Å². The van der Waals surface area contributed by atoms with Gasteiger partial charge in [0.15, 0.2) is 0 Å². The first-order valence-corrected chi connectivity index (χ1v) is 13.0.